The summed E-state index contributed by atoms with van der Waals surface area (Å²) < 4.78 is 1.74. The number of benzene rings is 2. The van der Waals surface area contributed by atoms with E-state index < -0.39 is 46.1 Å². The topological polar surface area (TPSA) is 161 Å². The number of aromatic carboxylic acids is 4. The van der Waals surface area contributed by atoms with E-state index in [2.05, 4.69) is 127 Å². The molecular weight excluding hydrogens is 1040 g/mol. The molecule has 2 rings (SSSR count). The van der Waals surface area contributed by atoms with Gasteiger partial charge >= 0.3 is 52.1 Å². The zero-order chi connectivity index (χ0) is 25.2. The van der Waals surface area contributed by atoms with Gasteiger partial charge in [0.1, 0.15) is 0 Å². The van der Waals surface area contributed by atoms with Crippen LogP contribution >= 0.6 is 127 Å². The molecule has 0 fully saturated rings. The standard InChI is InChI=1S/2C8H2Br4O4.3Al/c2*9-3-1(7(13)14)2(8(15)16)4(10)6(12)5(3)11;;;/h2*(H,13,14)(H,15,16);;;/q;;3*+3/p-4. The van der Waals surface area contributed by atoms with Crippen LogP contribution in [0.2, 0.25) is 0 Å². The van der Waals surface area contributed by atoms with Crippen LogP contribution in [-0.2, 0) is 0 Å². The summed E-state index contributed by atoms with van der Waals surface area (Å²) in [5.74, 6) is -6.44. The fourth-order valence-electron chi connectivity index (χ4n) is 2.03. The van der Waals surface area contributed by atoms with Crippen LogP contribution in [0.25, 0.3) is 0 Å². The number of hydrogen-bond acceptors (Lipinski definition) is 8. The van der Waals surface area contributed by atoms with Crippen molar-refractivity contribution in [1.82, 2.24) is 0 Å². The van der Waals surface area contributed by atoms with Crippen LogP contribution in [0.4, 0.5) is 0 Å². The van der Waals surface area contributed by atoms with Crippen molar-refractivity contribution in [2.45, 2.75) is 0 Å². The Bertz CT molecular complexity index is 1010. The van der Waals surface area contributed by atoms with E-state index in [-0.39, 0.29) is 70.0 Å². The normalized spacial score (nSPS) is 9.37. The predicted molar refractivity (Wildman–Crippen MR) is 149 cm³/mol. The molecule has 0 saturated heterocycles. The number of carbonyl (C=O) groups is 4. The van der Waals surface area contributed by atoms with Crippen molar-refractivity contribution >= 4 is 203 Å². The van der Waals surface area contributed by atoms with Gasteiger partial charge in [-0.25, -0.2) is 0 Å². The number of carbonyl (C=O) groups excluding carboxylic acids is 4. The van der Waals surface area contributed by atoms with Crippen LogP contribution in [0.5, 0.6) is 0 Å². The Hall–Kier alpha value is 1.76. The third kappa shape index (κ3) is 9.42. The van der Waals surface area contributed by atoms with Gasteiger partial charge in [-0.2, -0.15) is 0 Å². The van der Waals surface area contributed by atoms with E-state index in [0.29, 0.717) is 17.9 Å². The second-order valence-corrected chi connectivity index (χ2v) is 11.5. The maximum atomic E-state index is 10.9. The first-order valence-corrected chi connectivity index (χ1v) is 13.5. The molecule has 0 N–H and O–H groups in total. The zero-order valence-corrected chi connectivity index (χ0v) is 32.2. The molecule has 2 aromatic carbocycles. The van der Waals surface area contributed by atoms with Gasteiger partial charge in [-0.05, 0) is 127 Å². The van der Waals surface area contributed by atoms with Crippen molar-refractivity contribution in [2.75, 3.05) is 0 Å². The van der Waals surface area contributed by atoms with E-state index in [1.807, 2.05) is 0 Å². The molecule has 0 aliphatic rings. The summed E-state index contributed by atoms with van der Waals surface area (Å²) in [5.41, 5.74) is -1.94. The minimum atomic E-state index is -1.61. The minimum absolute atomic E-state index is 0. The third-order valence-electron chi connectivity index (χ3n) is 3.35. The molecule has 0 bridgehead atoms. The Balaban J connectivity index is -0.000000539. The number of carboxylic acids is 4. The van der Waals surface area contributed by atoms with Gasteiger partial charge in [-0.1, -0.05) is 0 Å². The molecule has 172 valence electrons. The summed E-state index contributed by atoms with van der Waals surface area (Å²) >= 11 is 24.3. The van der Waals surface area contributed by atoms with E-state index in [0.717, 1.165) is 0 Å². The smallest absolute Gasteiger partial charge is 0.545 e. The number of rotatable bonds is 4. The summed E-state index contributed by atoms with van der Waals surface area (Å²) in [6.07, 6.45) is 0. The first-order valence-electron chi connectivity index (χ1n) is 7.14. The van der Waals surface area contributed by atoms with Gasteiger partial charge in [0, 0.05) is 58.0 Å². The second-order valence-electron chi connectivity index (χ2n) is 5.16. The van der Waals surface area contributed by atoms with Gasteiger partial charge in [0.05, 0.1) is 23.9 Å². The van der Waals surface area contributed by atoms with Crippen molar-refractivity contribution in [3.63, 3.8) is 0 Å². The van der Waals surface area contributed by atoms with Crippen molar-refractivity contribution in [3.05, 3.63) is 58.0 Å². The molecular formula is C16Al3Br8O8+5. The van der Waals surface area contributed by atoms with Gasteiger partial charge in [-0.3, -0.25) is 0 Å². The molecule has 0 radical (unpaired) electrons. The maximum absolute atomic E-state index is 10.9. The molecule has 35 heavy (non-hydrogen) atoms. The van der Waals surface area contributed by atoms with Crippen LogP contribution in [0.3, 0.4) is 0 Å². The summed E-state index contributed by atoms with van der Waals surface area (Å²) in [6.45, 7) is 0. The second kappa shape index (κ2) is 17.4. The molecule has 0 aliphatic carbocycles. The largest absolute Gasteiger partial charge is 3.00 e. The Morgan fingerprint density at radius 3 is 0.543 bits per heavy atom. The van der Waals surface area contributed by atoms with Gasteiger partial charge in [0.15, 0.2) is 0 Å². The summed E-state index contributed by atoms with van der Waals surface area (Å²) in [5, 5.41) is 43.5. The van der Waals surface area contributed by atoms with E-state index >= 15 is 0 Å². The van der Waals surface area contributed by atoms with Crippen molar-refractivity contribution in [1.29, 1.82) is 0 Å². The molecule has 0 amide bonds. The molecule has 0 aliphatic heterocycles. The van der Waals surface area contributed by atoms with Crippen LogP contribution < -0.4 is 20.4 Å². The summed E-state index contributed by atoms with van der Waals surface area (Å²) in [4.78, 5) is 43.5. The monoisotopic (exact) mass is 1030 g/mol. The molecule has 0 atom stereocenters. The predicted octanol–water partition coefficient (Wildman–Crippen LogP) is 1.78. The van der Waals surface area contributed by atoms with E-state index in [1.54, 1.807) is 0 Å². The molecule has 19 heteroatoms. The van der Waals surface area contributed by atoms with Crippen LogP contribution in [-0.4, -0.2) is 76.0 Å². The summed E-state index contributed by atoms with van der Waals surface area (Å²) in [7, 11) is 0. The molecule has 0 saturated carbocycles. The van der Waals surface area contributed by atoms with Crippen LogP contribution in [0, 0.1) is 0 Å². The van der Waals surface area contributed by atoms with Gasteiger partial charge < -0.3 is 39.6 Å². The number of halogens is 8. The number of carboxylic acid groups (broad SMARTS) is 4. The average molecular weight is 1040 g/mol. The molecule has 8 nitrogen and oxygen atoms in total. The molecule has 0 heterocycles. The molecule has 2 aromatic rings. The Morgan fingerprint density at radius 1 is 0.343 bits per heavy atom. The number of hydrogen-bond donors (Lipinski definition) is 0. The summed E-state index contributed by atoms with van der Waals surface area (Å²) in [6, 6.07) is 0. The Labute approximate surface area is 296 Å². The van der Waals surface area contributed by atoms with E-state index in [4.69, 9.17) is 0 Å². The van der Waals surface area contributed by atoms with Gasteiger partial charge in [-0.15, -0.1) is 0 Å². The maximum Gasteiger partial charge on any atom is 3.00 e. The Kier molecular flexibility index (Phi) is 20.6. The van der Waals surface area contributed by atoms with Crippen molar-refractivity contribution in [2.24, 2.45) is 0 Å². The fraction of sp³-hybridized carbons (Fsp3) is 0. The van der Waals surface area contributed by atoms with Crippen LogP contribution in [0.1, 0.15) is 41.4 Å². The van der Waals surface area contributed by atoms with Crippen molar-refractivity contribution < 1.29 is 39.6 Å². The minimum Gasteiger partial charge on any atom is -0.545 e. The average Bonchev–Trinajstić information content (AvgIpc) is 2.69. The van der Waals surface area contributed by atoms with Crippen molar-refractivity contribution in [3.8, 4) is 0 Å². The fourth-order valence-corrected chi connectivity index (χ4v) is 6.91. The van der Waals surface area contributed by atoms with E-state index in [1.165, 1.54) is 0 Å². The van der Waals surface area contributed by atoms with Crippen LogP contribution in [0.15, 0.2) is 35.8 Å². The van der Waals surface area contributed by atoms with E-state index in [9.17, 15) is 39.6 Å². The third-order valence-corrected chi connectivity index (χ3v) is 12.9. The first-order chi connectivity index (χ1) is 14.6. The van der Waals surface area contributed by atoms with Gasteiger partial charge in [0.2, 0.25) is 0 Å². The zero-order valence-electron chi connectivity index (χ0n) is 16.0. The Morgan fingerprint density at radius 2 is 0.457 bits per heavy atom. The molecule has 0 spiro atoms. The first kappa shape index (κ1) is 41.2. The quantitative estimate of drug-likeness (QED) is 0.255. The molecule has 0 unspecified atom stereocenters. The van der Waals surface area contributed by atoms with Gasteiger partial charge in [0.25, 0.3) is 0 Å². The SMILES string of the molecule is O=C([O-])c1c(Br)c(Br)c(Br)c(Br)c1C(=O)[O-].O=C([O-])c1c(Br)c(Br)c(Br)c(Br)c1C(=O)[O-].[Al+3].[Al+3].[Al+3]. The molecule has 0 aromatic heterocycles.